The van der Waals surface area contributed by atoms with Crippen LogP contribution in [0.4, 0.5) is 11.4 Å². The first kappa shape index (κ1) is 18.4. The maximum absolute atomic E-state index is 9.69. The van der Waals surface area contributed by atoms with Crippen LogP contribution in [0.2, 0.25) is 10.0 Å². The number of aliphatic hydroxyl groups excluding tert-OH is 1. The lowest BCUT2D eigenvalue weighted by atomic mass is 10.0. The van der Waals surface area contributed by atoms with Crippen molar-refractivity contribution in [2.45, 2.75) is 12.8 Å². The van der Waals surface area contributed by atoms with Crippen molar-refractivity contribution in [2.75, 3.05) is 5.32 Å². The van der Waals surface area contributed by atoms with E-state index in [0.717, 1.165) is 29.8 Å². The summed E-state index contributed by atoms with van der Waals surface area (Å²) in [4.78, 5) is 0. The van der Waals surface area contributed by atoms with Crippen molar-refractivity contribution in [1.29, 1.82) is 0 Å². The highest BCUT2D eigenvalue weighted by Gasteiger charge is 2.05. The molecule has 2 N–H and O–H groups in total. The number of aliphatic hydroxyl groups is 1. The van der Waals surface area contributed by atoms with Gasteiger partial charge in [0.05, 0.1) is 10.0 Å². The Labute approximate surface area is 163 Å². The van der Waals surface area contributed by atoms with E-state index in [2.05, 4.69) is 24.0 Å². The minimum atomic E-state index is 0.0475. The number of halogens is 2. The van der Waals surface area contributed by atoms with E-state index in [1.807, 2.05) is 54.6 Å². The second-order valence-electron chi connectivity index (χ2n) is 6.06. The molecule has 0 bridgehead atoms. The van der Waals surface area contributed by atoms with Gasteiger partial charge in [0.2, 0.25) is 0 Å². The van der Waals surface area contributed by atoms with Gasteiger partial charge in [0.25, 0.3) is 0 Å². The van der Waals surface area contributed by atoms with Crippen LogP contribution in [0.1, 0.15) is 16.7 Å². The molecule has 0 radical (unpaired) electrons. The van der Waals surface area contributed by atoms with Crippen LogP contribution in [0, 0.1) is 0 Å². The Balaban J connectivity index is 1.65. The van der Waals surface area contributed by atoms with E-state index in [-0.39, 0.29) is 5.76 Å². The summed E-state index contributed by atoms with van der Waals surface area (Å²) >= 11 is 12.0. The van der Waals surface area contributed by atoms with Gasteiger partial charge in [-0.1, -0.05) is 60.1 Å². The number of para-hydroxylation sites is 1. The SMILES string of the molecule is C=C(O)c1ccccc1Nc1ccc(CCc2ccc(Cl)c(Cl)c2)cc1. The maximum Gasteiger partial charge on any atom is 0.117 e. The number of benzene rings is 3. The molecule has 0 aromatic heterocycles. The molecule has 0 aliphatic rings. The van der Waals surface area contributed by atoms with Crippen LogP contribution in [0.15, 0.2) is 73.3 Å². The molecule has 3 rings (SSSR count). The topological polar surface area (TPSA) is 32.3 Å². The van der Waals surface area contributed by atoms with Crippen molar-refractivity contribution in [3.8, 4) is 0 Å². The van der Waals surface area contributed by atoms with Crippen molar-refractivity contribution in [3.05, 3.63) is 100 Å². The molecule has 132 valence electrons. The van der Waals surface area contributed by atoms with Gasteiger partial charge in [-0.25, -0.2) is 0 Å². The van der Waals surface area contributed by atoms with Crippen LogP contribution in [-0.4, -0.2) is 5.11 Å². The van der Waals surface area contributed by atoms with E-state index in [9.17, 15) is 5.11 Å². The van der Waals surface area contributed by atoms with E-state index >= 15 is 0 Å². The highest BCUT2D eigenvalue weighted by atomic mass is 35.5. The smallest absolute Gasteiger partial charge is 0.117 e. The first-order valence-electron chi connectivity index (χ1n) is 8.30. The monoisotopic (exact) mass is 383 g/mol. The first-order valence-corrected chi connectivity index (χ1v) is 9.05. The molecule has 0 saturated heterocycles. The lowest BCUT2D eigenvalue weighted by molar-refractivity contribution is 0.514. The predicted octanol–water partition coefficient (Wildman–Crippen LogP) is 7.05. The van der Waals surface area contributed by atoms with E-state index in [1.54, 1.807) is 0 Å². The normalized spacial score (nSPS) is 10.5. The number of hydrogen-bond acceptors (Lipinski definition) is 2. The van der Waals surface area contributed by atoms with Gasteiger partial charge in [0.1, 0.15) is 5.76 Å². The number of aryl methyl sites for hydroxylation is 2. The van der Waals surface area contributed by atoms with Crippen LogP contribution >= 0.6 is 23.2 Å². The fraction of sp³-hybridized carbons (Fsp3) is 0.0909. The van der Waals surface area contributed by atoms with Gasteiger partial charge in [0, 0.05) is 16.9 Å². The molecule has 0 atom stereocenters. The molecule has 0 spiro atoms. The lowest BCUT2D eigenvalue weighted by Crippen LogP contribution is -1.96. The Kier molecular flexibility index (Phi) is 5.87. The summed E-state index contributed by atoms with van der Waals surface area (Å²) in [5, 5.41) is 14.2. The third kappa shape index (κ3) is 4.60. The first-order chi connectivity index (χ1) is 12.5. The molecule has 0 saturated carbocycles. The summed E-state index contributed by atoms with van der Waals surface area (Å²) in [6, 6.07) is 21.5. The van der Waals surface area contributed by atoms with Crippen molar-refractivity contribution in [3.63, 3.8) is 0 Å². The zero-order chi connectivity index (χ0) is 18.5. The molecular formula is C22H19Cl2NO. The molecule has 0 aliphatic heterocycles. The molecule has 0 unspecified atom stereocenters. The van der Waals surface area contributed by atoms with Gasteiger partial charge in [-0.3, -0.25) is 0 Å². The molecular weight excluding hydrogens is 365 g/mol. The second-order valence-corrected chi connectivity index (χ2v) is 6.88. The van der Waals surface area contributed by atoms with Crippen molar-refractivity contribution in [2.24, 2.45) is 0 Å². The average Bonchev–Trinajstić information content (AvgIpc) is 2.64. The molecule has 0 heterocycles. The van der Waals surface area contributed by atoms with Gasteiger partial charge in [0.15, 0.2) is 0 Å². The average molecular weight is 384 g/mol. The van der Waals surface area contributed by atoms with Crippen LogP contribution in [0.3, 0.4) is 0 Å². The van der Waals surface area contributed by atoms with Crippen molar-refractivity contribution in [1.82, 2.24) is 0 Å². The minimum Gasteiger partial charge on any atom is -0.508 e. The van der Waals surface area contributed by atoms with E-state index in [4.69, 9.17) is 23.2 Å². The zero-order valence-electron chi connectivity index (χ0n) is 14.2. The summed E-state index contributed by atoms with van der Waals surface area (Å²) in [6.45, 7) is 3.60. The molecule has 26 heavy (non-hydrogen) atoms. The number of anilines is 2. The third-order valence-electron chi connectivity index (χ3n) is 4.16. The summed E-state index contributed by atoms with van der Waals surface area (Å²) in [6.07, 6.45) is 1.82. The van der Waals surface area contributed by atoms with Crippen LogP contribution in [0.5, 0.6) is 0 Å². The van der Waals surface area contributed by atoms with Gasteiger partial charge < -0.3 is 10.4 Å². The van der Waals surface area contributed by atoms with E-state index in [0.29, 0.717) is 15.6 Å². The molecule has 2 nitrogen and oxygen atoms in total. The largest absolute Gasteiger partial charge is 0.508 e. The van der Waals surface area contributed by atoms with Crippen molar-refractivity contribution < 1.29 is 5.11 Å². The van der Waals surface area contributed by atoms with Gasteiger partial charge in [-0.15, -0.1) is 0 Å². The Morgan fingerprint density at radius 2 is 1.50 bits per heavy atom. The molecule has 0 amide bonds. The summed E-state index contributed by atoms with van der Waals surface area (Å²) < 4.78 is 0. The highest BCUT2D eigenvalue weighted by Crippen LogP contribution is 2.26. The maximum atomic E-state index is 9.69. The second kappa shape index (κ2) is 8.31. The van der Waals surface area contributed by atoms with E-state index < -0.39 is 0 Å². The summed E-state index contributed by atoms with van der Waals surface area (Å²) in [5.41, 5.74) is 4.87. The summed E-state index contributed by atoms with van der Waals surface area (Å²) in [5.74, 6) is 0.0475. The Morgan fingerprint density at radius 1 is 0.846 bits per heavy atom. The summed E-state index contributed by atoms with van der Waals surface area (Å²) in [7, 11) is 0. The Morgan fingerprint density at radius 3 is 2.19 bits per heavy atom. The number of nitrogens with one attached hydrogen (secondary N) is 1. The number of hydrogen-bond donors (Lipinski definition) is 2. The predicted molar refractivity (Wildman–Crippen MR) is 112 cm³/mol. The van der Waals surface area contributed by atoms with E-state index in [1.165, 1.54) is 5.56 Å². The van der Waals surface area contributed by atoms with Crippen LogP contribution in [-0.2, 0) is 12.8 Å². The fourth-order valence-corrected chi connectivity index (χ4v) is 3.06. The van der Waals surface area contributed by atoms with Crippen LogP contribution in [0.25, 0.3) is 5.76 Å². The quantitative estimate of drug-likeness (QED) is 0.446. The zero-order valence-corrected chi connectivity index (χ0v) is 15.7. The van der Waals surface area contributed by atoms with Gasteiger partial charge in [-0.05, 0) is 60.4 Å². The molecule has 0 fully saturated rings. The third-order valence-corrected chi connectivity index (χ3v) is 4.90. The highest BCUT2D eigenvalue weighted by molar-refractivity contribution is 6.42. The number of rotatable bonds is 6. The van der Waals surface area contributed by atoms with Gasteiger partial charge in [-0.2, -0.15) is 0 Å². The molecule has 3 aromatic rings. The standard InChI is InChI=1S/C22H19Cl2NO/c1-15(26)19-4-2-3-5-22(19)25-18-11-8-16(9-12-18)6-7-17-10-13-20(23)21(24)14-17/h2-5,8-14,25-26H,1,6-7H2. The minimum absolute atomic E-state index is 0.0475. The lowest BCUT2D eigenvalue weighted by Gasteiger charge is -2.12. The Bertz CT molecular complexity index is 920. The molecule has 0 aliphatic carbocycles. The Hall–Kier alpha value is -2.42. The molecule has 4 heteroatoms. The van der Waals surface area contributed by atoms with Crippen LogP contribution < -0.4 is 5.32 Å². The van der Waals surface area contributed by atoms with Crippen molar-refractivity contribution >= 4 is 40.3 Å². The van der Waals surface area contributed by atoms with Gasteiger partial charge >= 0.3 is 0 Å². The fourth-order valence-electron chi connectivity index (χ4n) is 2.74. The molecule has 3 aromatic carbocycles.